The molecule has 0 radical (unpaired) electrons. The van der Waals surface area contributed by atoms with E-state index < -0.39 is 30.4 Å². The summed E-state index contributed by atoms with van der Waals surface area (Å²) in [5, 5.41) is 0. The van der Waals surface area contributed by atoms with Crippen molar-refractivity contribution >= 4 is 11.9 Å². The lowest BCUT2D eigenvalue weighted by Crippen LogP contribution is -2.33. The van der Waals surface area contributed by atoms with Crippen LogP contribution in [-0.2, 0) is 14.3 Å². The molecule has 0 aromatic carbocycles. The van der Waals surface area contributed by atoms with Crippen molar-refractivity contribution in [3.05, 3.63) is 0 Å². The van der Waals surface area contributed by atoms with Crippen LogP contribution in [0.15, 0.2) is 0 Å². The van der Waals surface area contributed by atoms with Crippen LogP contribution in [0.2, 0.25) is 0 Å². The largest absolute Gasteiger partial charge is 0.469 e. The van der Waals surface area contributed by atoms with Crippen molar-refractivity contribution in [2.24, 2.45) is 11.8 Å². The summed E-state index contributed by atoms with van der Waals surface area (Å²) < 4.78 is 40.7. The standard InChI is InChI=1S/C10H14F3NO3/c1-6-4-14(5-7(6)9(16)17-2)8(15)3-10(11,12)13/h6-7H,3-5H2,1-2H3. The summed E-state index contributed by atoms with van der Waals surface area (Å²) in [6.07, 6.45) is -5.99. The van der Waals surface area contributed by atoms with Crippen molar-refractivity contribution in [2.45, 2.75) is 19.5 Å². The normalized spacial score (nSPS) is 24.9. The van der Waals surface area contributed by atoms with Crippen LogP contribution in [0, 0.1) is 11.8 Å². The molecular formula is C10H14F3NO3. The number of alkyl halides is 3. The van der Waals surface area contributed by atoms with Crippen LogP contribution < -0.4 is 0 Å². The van der Waals surface area contributed by atoms with E-state index in [9.17, 15) is 22.8 Å². The molecule has 1 fully saturated rings. The Hall–Kier alpha value is -1.27. The Bertz CT molecular complexity index is 316. The first-order valence-electron chi connectivity index (χ1n) is 5.17. The second-order valence-corrected chi connectivity index (χ2v) is 4.20. The lowest BCUT2D eigenvalue weighted by atomic mass is 9.99. The van der Waals surface area contributed by atoms with Crippen LogP contribution in [0.4, 0.5) is 13.2 Å². The highest BCUT2D eigenvalue weighted by Gasteiger charge is 2.41. The number of amides is 1. The van der Waals surface area contributed by atoms with Crippen molar-refractivity contribution in [1.29, 1.82) is 0 Å². The van der Waals surface area contributed by atoms with E-state index in [1.807, 2.05) is 0 Å². The minimum atomic E-state index is -4.51. The van der Waals surface area contributed by atoms with Gasteiger partial charge in [-0.25, -0.2) is 0 Å². The Morgan fingerprint density at radius 1 is 1.35 bits per heavy atom. The molecule has 0 aliphatic carbocycles. The number of carbonyl (C=O) groups is 2. The average molecular weight is 253 g/mol. The summed E-state index contributed by atoms with van der Waals surface area (Å²) in [4.78, 5) is 23.7. The van der Waals surface area contributed by atoms with E-state index >= 15 is 0 Å². The molecule has 17 heavy (non-hydrogen) atoms. The quantitative estimate of drug-likeness (QED) is 0.695. The summed E-state index contributed by atoms with van der Waals surface area (Å²) in [6.45, 7) is 1.87. The van der Waals surface area contributed by atoms with Gasteiger partial charge in [-0.1, -0.05) is 6.92 Å². The van der Waals surface area contributed by atoms with E-state index in [1.54, 1.807) is 6.92 Å². The summed E-state index contributed by atoms with van der Waals surface area (Å²) >= 11 is 0. The smallest absolute Gasteiger partial charge is 0.397 e. The second kappa shape index (κ2) is 4.93. The monoisotopic (exact) mass is 253 g/mol. The van der Waals surface area contributed by atoms with E-state index in [4.69, 9.17) is 0 Å². The molecule has 1 rings (SSSR count). The highest BCUT2D eigenvalue weighted by molar-refractivity contribution is 5.80. The van der Waals surface area contributed by atoms with Crippen molar-refractivity contribution in [1.82, 2.24) is 4.90 Å². The predicted octanol–water partition coefficient (Wildman–Crippen LogP) is 1.21. The van der Waals surface area contributed by atoms with Crippen LogP contribution in [0.3, 0.4) is 0 Å². The zero-order valence-electron chi connectivity index (χ0n) is 9.58. The van der Waals surface area contributed by atoms with Gasteiger partial charge in [-0.2, -0.15) is 13.2 Å². The Balaban J connectivity index is 2.60. The lowest BCUT2D eigenvalue weighted by molar-refractivity contribution is -0.160. The SMILES string of the molecule is COC(=O)C1CN(C(=O)CC(F)(F)F)CC1C. The molecule has 2 unspecified atom stereocenters. The highest BCUT2D eigenvalue weighted by Crippen LogP contribution is 2.27. The third-order valence-electron chi connectivity index (χ3n) is 2.82. The Kier molecular flexibility index (Phi) is 4.00. The highest BCUT2D eigenvalue weighted by atomic mass is 19.4. The molecule has 0 saturated carbocycles. The van der Waals surface area contributed by atoms with Gasteiger partial charge in [0, 0.05) is 13.1 Å². The molecule has 0 bridgehead atoms. The molecule has 98 valence electrons. The number of ether oxygens (including phenoxy) is 1. The molecule has 4 nitrogen and oxygen atoms in total. The van der Waals surface area contributed by atoms with Crippen molar-refractivity contribution in [3.8, 4) is 0 Å². The first-order chi connectivity index (χ1) is 7.74. The third-order valence-corrected chi connectivity index (χ3v) is 2.82. The van der Waals surface area contributed by atoms with Gasteiger partial charge in [0.25, 0.3) is 0 Å². The van der Waals surface area contributed by atoms with Crippen LogP contribution >= 0.6 is 0 Å². The number of carbonyl (C=O) groups excluding carboxylic acids is 2. The maximum Gasteiger partial charge on any atom is 0.397 e. The van der Waals surface area contributed by atoms with Gasteiger partial charge in [0.2, 0.25) is 5.91 Å². The zero-order valence-corrected chi connectivity index (χ0v) is 9.58. The maximum atomic E-state index is 12.0. The number of rotatable bonds is 2. The fraction of sp³-hybridized carbons (Fsp3) is 0.800. The van der Waals surface area contributed by atoms with Gasteiger partial charge in [-0.15, -0.1) is 0 Å². The number of hydrogen-bond donors (Lipinski definition) is 0. The molecule has 1 heterocycles. The Morgan fingerprint density at radius 2 is 1.94 bits per heavy atom. The zero-order chi connectivity index (χ0) is 13.2. The molecule has 1 aliphatic rings. The van der Waals surface area contributed by atoms with E-state index in [-0.39, 0.29) is 19.0 Å². The van der Waals surface area contributed by atoms with Gasteiger partial charge in [0.15, 0.2) is 0 Å². The fourth-order valence-electron chi connectivity index (χ4n) is 1.91. The molecule has 1 amide bonds. The predicted molar refractivity (Wildman–Crippen MR) is 51.9 cm³/mol. The van der Waals surface area contributed by atoms with Crippen LogP contribution in [0.1, 0.15) is 13.3 Å². The topological polar surface area (TPSA) is 46.6 Å². The maximum absolute atomic E-state index is 12.0. The molecule has 0 aromatic heterocycles. The molecule has 7 heteroatoms. The third kappa shape index (κ3) is 3.61. The van der Waals surface area contributed by atoms with Gasteiger partial charge in [0.1, 0.15) is 6.42 Å². The van der Waals surface area contributed by atoms with Crippen LogP contribution in [0.25, 0.3) is 0 Å². The number of halogens is 3. The van der Waals surface area contributed by atoms with Crippen molar-refractivity contribution in [3.63, 3.8) is 0 Å². The first kappa shape index (κ1) is 13.8. The fourth-order valence-corrected chi connectivity index (χ4v) is 1.91. The summed E-state index contributed by atoms with van der Waals surface area (Å²) in [5.74, 6) is -2.19. The molecule has 1 saturated heterocycles. The molecule has 0 spiro atoms. The van der Waals surface area contributed by atoms with E-state index in [2.05, 4.69) is 4.74 Å². The molecule has 1 aliphatic heterocycles. The van der Waals surface area contributed by atoms with Crippen LogP contribution in [0.5, 0.6) is 0 Å². The van der Waals surface area contributed by atoms with Gasteiger partial charge < -0.3 is 9.64 Å². The molecule has 2 atom stereocenters. The number of nitrogens with zero attached hydrogens (tertiary/aromatic N) is 1. The molecule has 0 aromatic rings. The number of likely N-dealkylation sites (tertiary alicyclic amines) is 1. The van der Waals surface area contributed by atoms with Gasteiger partial charge in [0.05, 0.1) is 13.0 Å². The number of esters is 1. The van der Waals surface area contributed by atoms with Crippen molar-refractivity contribution in [2.75, 3.05) is 20.2 Å². The van der Waals surface area contributed by atoms with E-state index in [1.165, 1.54) is 7.11 Å². The summed E-state index contributed by atoms with van der Waals surface area (Å²) in [7, 11) is 1.22. The summed E-state index contributed by atoms with van der Waals surface area (Å²) in [6, 6.07) is 0. The van der Waals surface area contributed by atoms with Gasteiger partial charge in [-0.3, -0.25) is 9.59 Å². The van der Waals surface area contributed by atoms with E-state index in [0.29, 0.717) is 0 Å². The minimum Gasteiger partial charge on any atom is -0.469 e. The minimum absolute atomic E-state index is 0.00273. The average Bonchev–Trinajstić information content (AvgIpc) is 2.57. The van der Waals surface area contributed by atoms with Crippen LogP contribution in [-0.4, -0.2) is 43.2 Å². The van der Waals surface area contributed by atoms with Crippen molar-refractivity contribution < 1.29 is 27.5 Å². The van der Waals surface area contributed by atoms with Gasteiger partial charge in [-0.05, 0) is 5.92 Å². The first-order valence-corrected chi connectivity index (χ1v) is 5.17. The van der Waals surface area contributed by atoms with E-state index in [0.717, 1.165) is 4.90 Å². The molecule has 0 N–H and O–H groups in total. The second-order valence-electron chi connectivity index (χ2n) is 4.20. The van der Waals surface area contributed by atoms with Gasteiger partial charge >= 0.3 is 12.1 Å². The Morgan fingerprint density at radius 3 is 2.41 bits per heavy atom. The number of hydrogen-bond acceptors (Lipinski definition) is 3. The summed E-state index contributed by atoms with van der Waals surface area (Å²) in [5.41, 5.74) is 0. The Labute approximate surface area is 96.7 Å². The lowest BCUT2D eigenvalue weighted by Gasteiger charge is -2.17. The molecular weight excluding hydrogens is 239 g/mol. The number of methoxy groups -OCH3 is 1.